The molecule has 0 fully saturated rings. The van der Waals surface area contributed by atoms with E-state index in [9.17, 15) is 8.42 Å². The van der Waals surface area contributed by atoms with Crippen LogP contribution in [0.5, 0.6) is 0 Å². The Morgan fingerprint density at radius 2 is 2.15 bits per heavy atom. The van der Waals surface area contributed by atoms with Crippen LogP contribution in [0.3, 0.4) is 0 Å². The van der Waals surface area contributed by atoms with Gasteiger partial charge in [-0.1, -0.05) is 49.5 Å². The summed E-state index contributed by atoms with van der Waals surface area (Å²) in [5, 5.41) is 1.89. The van der Waals surface area contributed by atoms with Gasteiger partial charge in [-0.05, 0) is 37.1 Å². The summed E-state index contributed by atoms with van der Waals surface area (Å²) < 4.78 is 28.0. The van der Waals surface area contributed by atoms with Gasteiger partial charge in [0.25, 0.3) is 10.0 Å². The van der Waals surface area contributed by atoms with Crippen LogP contribution in [-0.2, 0) is 10.0 Å². The van der Waals surface area contributed by atoms with E-state index in [2.05, 4.69) is 24.7 Å². The molecule has 1 aromatic heterocycles. The molecule has 27 heavy (non-hydrogen) atoms. The maximum absolute atomic E-state index is 13.3. The van der Waals surface area contributed by atoms with Gasteiger partial charge in [-0.15, -0.1) is 11.3 Å². The predicted molar refractivity (Wildman–Crippen MR) is 118 cm³/mol. The Morgan fingerprint density at radius 3 is 2.70 bits per heavy atom. The van der Waals surface area contributed by atoms with Gasteiger partial charge in [0.05, 0.1) is 15.5 Å². The van der Waals surface area contributed by atoms with Crippen molar-refractivity contribution in [3.63, 3.8) is 0 Å². The molecule has 2 rings (SSSR count). The third kappa shape index (κ3) is 4.87. The van der Waals surface area contributed by atoms with E-state index in [0.29, 0.717) is 25.9 Å². The molecule has 2 heterocycles. The second-order valence-corrected chi connectivity index (χ2v) is 8.61. The van der Waals surface area contributed by atoms with Gasteiger partial charge >= 0.3 is 0 Å². The fourth-order valence-corrected chi connectivity index (χ4v) is 4.99. The largest absolute Gasteiger partial charge is 0.266 e. The van der Waals surface area contributed by atoms with E-state index in [1.165, 1.54) is 21.7 Å². The van der Waals surface area contributed by atoms with Crippen LogP contribution in [0.1, 0.15) is 13.3 Å². The average molecular weight is 398 g/mol. The van der Waals surface area contributed by atoms with E-state index >= 15 is 0 Å². The van der Waals surface area contributed by atoms with Gasteiger partial charge in [-0.3, -0.25) is 9.29 Å². The van der Waals surface area contributed by atoms with Crippen molar-refractivity contribution in [2.45, 2.75) is 13.3 Å². The maximum atomic E-state index is 13.3. The SMILES string of the molecule is C=C/C=C(Bc1nccs1)\C=C(/C=C)S(=O)(=O)N1CCC(C=C)=C1/C=C\C. The molecule has 1 aliphatic rings. The van der Waals surface area contributed by atoms with Crippen LogP contribution >= 0.6 is 11.3 Å². The van der Waals surface area contributed by atoms with Gasteiger partial charge < -0.3 is 0 Å². The van der Waals surface area contributed by atoms with E-state index in [1.54, 1.807) is 36.6 Å². The molecule has 1 aromatic rings. The van der Waals surface area contributed by atoms with Crippen LogP contribution in [0.4, 0.5) is 0 Å². The molecule has 0 aromatic carbocycles. The molecular formula is C20H23BN2O2S2. The lowest BCUT2D eigenvalue weighted by molar-refractivity contribution is 0.513. The van der Waals surface area contributed by atoms with Crippen LogP contribution < -0.4 is 4.91 Å². The average Bonchev–Trinajstić information content (AvgIpc) is 3.29. The van der Waals surface area contributed by atoms with Crippen LogP contribution in [0.2, 0.25) is 0 Å². The number of hydrogen-bond donors (Lipinski definition) is 0. The summed E-state index contributed by atoms with van der Waals surface area (Å²) in [5.41, 5.74) is 2.39. The molecule has 1 aliphatic heterocycles. The molecule has 0 radical (unpaired) electrons. The smallest absolute Gasteiger partial charge is 0.264 e. The molecule has 0 amide bonds. The first-order valence-electron chi connectivity index (χ1n) is 8.53. The molecular weight excluding hydrogens is 375 g/mol. The van der Waals surface area contributed by atoms with Crippen LogP contribution in [0.25, 0.3) is 0 Å². The van der Waals surface area contributed by atoms with Crippen molar-refractivity contribution in [3.05, 3.63) is 95.5 Å². The van der Waals surface area contributed by atoms with Crippen molar-refractivity contribution >= 4 is 33.5 Å². The normalized spacial score (nSPS) is 16.1. The number of sulfonamides is 1. The first-order valence-corrected chi connectivity index (χ1v) is 10.8. The highest BCUT2D eigenvalue weighted by Gasteiger charge is 2.31. The highest BCUT2D eigenvalue weighted by atomic mass is 32.2. The number of allylic oxidation sites excluding steroid dienone is 8. The summed E-state index contributed by atoms with van der Waals surface area (Å²) in [7, 11) is -3.20. The number of thiazole rings is 1. The Hall–Kier alpha value is -2.38. The predicted octanol–water partition coefficient (Wildman–Crippen LogP) is 3.40. The van der Waals surface area contributed by atoms with Gasteiger partial charge in [0.2, 0.25) is 7.28 Å². The molecule has 140 valence electrons. The van der Waals surface area contributed by atoms with Crippen molar-refractivity contribution in [2.24, 2.45) is 0 Å². The Labute approximate surface area is 166 Å². The Bertz CT molecular complexity index is 937. The van der Waals surface area contributed by atoms with Crippen molar-refractivity contribution in [3.8, 4) is 0 Å². The lowest BCUT2D eigenvalue weighted by Crippen LogP contribution is -2.28. The first kappa shape index (κ1) is 20.9. The Kier molecular flexibility index (Phi) is 7.39. The van der Waals surface area contributed by atoms with Gasteiger partial charge in [-0.2, -0.15) is 0 Å². The molecule has 0 saturated heterocycles. The minimum atomic E-state index is -3.73. The molecule has 4 nitrogen and oxygen atoms in total. The molecule has 0 spiro atoms. The molecule has 0 atom stereocenters. The summed E-state index contributed by atoms with van der Waals surface area (Å²) >= 11 is 1.53. The molecule has 0 aliphatic carbocycles. The van der Waals surface area contributed by atoms with E-state index in [4.69, 9.17) is 0 Å². The van der Waals surface area contributed by atoms with Crippen LogP contribution in [0.15, 0.2) is 95.5 Å². The van der Waals surface area contributed by atoms with E-state index < -0.39 is 10.0 Å². The topological polar surface area (TPSA) is 50.3 Å². The standard InChI is InChI=1S/C20H23BN2O2S2/c1-5-9-17(21-20-22-12-14-26-20)15-18(8-4)27(24,25)23-13-11-16(7-3)19(23)10-6-2/h5-10,12,14-15,21H,1,3-4,11,13H2,2H3/b10-6-,17-9+,18-15+. The number of nitrogens with zero attached hydrogens (tertiary/aromatic N) is 2. The third-order valence-electron chi connectivity index (χ3n) is 4.04. The lowest BCUT2D eigenvalue weighted by atomic mass is 9.70. The molecule has 0 N–H and O–H groups in total. The van der Waals surface area contributed by atoms with Crippen molar-refractivity contribution in [1.29, 1.82) is 0 Å². The maximum Gasteiger partial charge on any atom is 0.264 e. The van der Waals surface area contributed by atoms with Crippen molar-refractivity contribution in [2.75, 3.05) is 6.54 Å². The zero-order valence-electron chi connectivity index (χ0n) is 15.5. The molecule has 0 bridgehead atoms. The summed E-state index contributed by atoms with van der Waals surface area (Å²) in [4.78, 5) is 5.33. The second-order valence-electron chi connectivity index (χ2n) is 5.77. The zero-order valence-corrected chi connectivity index (χ0v) is 17.1. The Balaban J connectivity index is 2.44. The summed E-state index contributed by atoms with van der Waals surface area (Å²) in [5.74, 6) is 0. The lowest BCUT2D eigenvalue weighted by Gasteiger charge is -2.21. The van der Waals surface area contributed by atoms with Crippen LogP contribution in [-0.4, -0.2) is 31.5 Å². The molecule has 0 unspecified atom stereocenters. The van der Waals surface area contributed by atoms with E-state index in [0.717, 1.165) is 16.0 Å². The molecule has 0 saturated carbocycles. The minimum absolute atomic E-state index is 0.152. The van der Waals surface area contributed by atoms with Gasteiger partial charge in [0.15, 0.2) is 0 Å². The van der Waals surface area contributed by atoms with Gasteiger partial charge in [0, 0.05) is 18.1 Å². The minimum Gasteiger partial charge on any atom is -0.266 e. The highest BCUT2D eigenvalue weighted by molar-refractivity contribution is 7.93. The number of rotatable bonds is 9. The summed E-state index contributed by atoms with van der Waals surface area (Å²) in [6.45, 7) is 13.5. The fraction of sp³-hybridized carbons (Fsp3) is 0.150. The molecule has 7 heteroatoms. The van der Waals surface area contributed by atoms with Crippen molar-refractivity contribution in [1.82, 2.24) is 9.29 Å². The van der Waals surface area contributed by atoms with Crippen molar-refractivity contribution < 1.29 is 8.42 Å². The summed E-state index contributed by atoms with van der Waals surface area (Å²) in [6.07, 6.45) is 14.2. The second kappa shape index (κ2) is 9.53. The van der Waals surface area contributed by atoms with Crippen LogP contribution in [0, 0.1) is 0 Å². The quantitative estimate of drug-likeness (QED) is 0.473. The monoisotopic (exact) mass is 398 g/mol. The number of aromatic nitrogens is 1. The fourth-order valence-electron chi connectivity index (χ4n) is 2.81. The van der Waals surface area contributed by atoms with E-state index in [1.807, 2.05) is 18.4 Å². The first-order chi connectivity index (χ1) is 13.0. The van der Waals surface area contributed by atoms with E-state index in [-0.39, 0.29) is 4.91 Å². The highest BCUT2D eigenvalue weighted by Crippen LogP contribution is 2.31. The summed E-state index contributed by atoms with van der Waals surface area (Å²) in [6, 6.07) is 0. The van der Waals surface area contributed by atoms with Gasteiger partial charge in [-0.25, -0.2) is 8.42 Å². The third-order valence-corrected chi connectivity index (χ3v) is 6.66. The van der Waals surface area contributed by atoms with Gasteiger partial charge in [0.1, 0.15) is 0 Å². The zero-order chi connectivity index (χ0) is 19.9. The Morgan fingerprint density at radius 1 is 1.37 bits per heavy atom. The number of hydrogen-bond acceptors (Lipinski definition) is 4.